The third kappa shape index (κ3) is 4.29. The van der Waals surface area contributed by atoms with Crippen molar-refractivity contribution in [2.75, 3.05) is 44.3 Å². The van der Waals surface area contributed by atoms with E-state index in [1.807, 2.05) is 24.8 Å². The average Bonchev–Trinajstić information content (AvgIpc) is 3.31. The van der Waals surface area contributed by atoms with Crippen molar-refractivity contribution in [3.63, 3.8) is 0 Å². The van der Waals surface area contributed by atoms with Gasteiger partial charge in [0.15, 0.2) is 5.13 Å². The van der Waals surface area contributed by atoms with E-state index < -0.39 is 0 Å². The molecular weight excluding hydrogens is 398 g/mol. The Morgan fingerprint density at radius 1 is 1.20 bits per heavy atom. The van der Waals surface area contributed by atoms with Gasteiger partial charge in [-0.1, -0.05) is 17.4 Å². The first-order valence-corrected chi connectivity index (χ1v) is 11.3. The molecule has 0 bridgehead atoms. The number of rotatable bonds is 6. The van der Waals surface area contributed by atoms with E-state index in [0.29, 0.717) is 17.9 Å². The molecule has 0 spiro atoms. The summed E-state index contributed by atoms with van der Waals surface area (Å²) in [4.78, 5) is 22.6. The van der Waals surface area contributed by atoms with Crippen molar-refractivity contribution in [2.24, 2.45) is 0 Å². The minimum atomic E-state index is -0.0419. The third-order valence-electron chi connectivity index (χ3n) is 5.78. The van der Waals surface area contributed by atoms with Crippen LogP contribution in [0.2, 0.25) is 0 Å². The highest BCUT2D eigenvalue weighted by atomic mass is 32.1. The molecule has 30 heavy (non-hydrogen) atoms. The second-order valence-electron chi connectivity index (χ2n) is 7.94. The minimum absolute atomic E-state index is 0.0419. The lowest BCUT2D eigenvalue weighted by Crippen LogP contribution is -2.39. The van der Waals surface area contributed by atoms with Gasteiger partial charge in [0.05, 0.1) is 29.0 Å². The first-order valence-electron chi connectivity index (χ1n) is 10.5. The molecule has 160 valence electrons. The molecule has 0 N–H and O–H groups in total. The Morgan fingerprint density at radius 3 is 2.67 bits per heavy atom. The van der Waals surface area contributed by atoms with Gasteiger partial charge in [-0.25, -0.2) is 4.98 Å². The normalized spacial score (nSPS) is 15.1. The van der Waals surface area contributed by atoms with Gasteiger partial charge in [-0.2, -0.15) is 0 Å². The van der Waals surface area contributed by atoms with Crippen LogP contribution in [0.25, 0.3) is 10.2 Å². The fourth-order valence-electron chi connectivity index (χ4n) is 3.88. The largest absolute Gasteiger partial charge is 0.466 e. The van der Waals surface area contributed by atoms with Gasteiger partial charge in [0.25, 0.3) is 5.91 Å². The van der Waals surface area contributed by atoms with E-state index in [0.717, 1.165) is 60.4 Å². The summed E-state index contributed by atoms with van der Waals surface area (Å²) in [6.07, 6.45) is 0.884. The Hall–Kier alpha value is -2.22. The summed E-state index contributed by atoms with van der Waals surface area (Å²) in [6.45, 7) is 12.9. The number of thiazole rings is 1. The number of furan rings is 1. The maximum atomic E-state index is 13.5. The lowest BCUT2D eigenvalue weighted by atomic mass is 10.1. The number of aromatic nitrogens is 1. The number of amides is 1. The number of anilines is 1. The second-order valence-corrected chi connectivity index (χ2v) is 8.95. The third-order valence-corrected chi connectivity index (χ3v) is 6.82. The number of carbonyl (C=O) groups excluding carboxylic acids is 1. The molecule has 1 aliphatic rings. The summed E-state index contributed by atoms with van der Waals surface area (Å²) in [5, 5.41) is 0.754. The molecule has 3 aromatic rings. The standard InChI is InChI=1S/C23H29N3O3S/c1-15-6-7-20-21(17(15)3)24-23(30-20)26(9-5-8-25-10-12-28-13-11-25)22(27)19-14-16(2)29-18(19)4/h6-7,14H,5,8-13H2,1-4H3. The summed E-state index contributed by atoms with van der Waals surface area (Å²) >= 11 is 1.58. The van der Waals surface area contributed by atoms with Crippen molar-refractivity contribution >= 4 is 32.6 Å². The highest BCUT2D eigenvalue weighted by Gasteiger charge is 2.25. The number of fused-ring (bicyclic) bond motifs is 1. The van der Waals surface area contributed by atoms with Gasteiger partial charge in [0.2, 0.25) is 0 Å². The van der Waals surface area contributed by atoms with Crippen LogP contribution in [0.1, 0.15) is 39.4 Å². The Bertz CT molecular complexity index is 1050. The molecular formula is C23H29N3O3S. The van der Waals surface area contributed by atoms with E-state index in [9.17, 15) is 4.79 Å². The molecule has 0 unspecified atom stereocenters. The smallest absolute Gasteiger partial charge is 0.263 e. The first-order chi connectivity index (χ1) is 14.4. The molecule has 0 atom stereocenters. The molecule has 1 saturated heterocycles. The van der Waals surface area contributed by atoms with E-state index >= 15 is 0 Å². The fraction of sp³-hybridized carbons (Fsp3) is 0.478. The van der Waals surface area contributed by atoms with Gasteiger partial charge >= 0.3 is 0 Å². The number of carbonyl (C=O) groups is 1. The van der Waals surface area contributed by atoms with Crippen LogP contribution < -0.4 is 4.90 Å². The fourth-order valence-corrected chi connectivity index (χ4v) is 4.93. The SMILES string of the molecule is Cc1cc(C(=O)N(CCCN2CCOCC2)c2nc3c(C)c(C)ccc3s2)c(C)o1. The van der Waals surface area contributed by atoms with Crippen molar-refractivity contribution < 1.29 is 13.9 Å². The Balaban J connectivity index is 1.61. The predicted octanol–water partition coefficient (Wildman–Crippen LogP) is 4.49. The predicted molar refractivity (Wildman–Crippen MR) is 121 cm³/mol. The number of aryl methyl sites for hydroxylation is 4. The van der Waals surface area contributed by atoms with Crippen LogP contribution in [0, 0.1) is 27.7 Å². The minimum Gasteiger partial charge on any atom is -0.466 e. The van der Waals surface area contributed by atoms with E-state index in [-0.39, 0.29) is 5.91 Å². The number of hydrogen-bond donors (Lipinski definition) is 0. The summed E-state index contributed by atoms with van der Waals surface area (Å²) in [6, 6.07) is 6.05. The number of nitrogens with zero attached hydrogens (tertiary/aromatic N) is 3. The van der Waals surface area contributed by atoms with Gasteiger partial charge in [0.1, 0.15) is 11.5 Å². The monoisotopic (exact) mass is 427 g/mol. The highest BCUT2D eigenvalue weighted by molar-refractivity contribution is 7.22. The maximum absolute atomic E-state index is 13.5. The van der Waals surface area contributed by atoms with E-state index in [1.165, 1.54) is 11.1 Å². The zero-order valence-corrected chi connectivity index (χ0v) is 19.0. The molecule has 6 nitrogen and oxygen atoms in total. The van der Waals surface area contributed by atoms with Crippen molar-refractivity contribution in [1.82, 2.24) is 9.88 Å². The number of hydrogen-bond acceptors (Lipinski definition) is 6. The molecule has 1 aliphatic heterocycles. The summed E-state index contributed by atoms with van der Waals surface area (Å²) in [5.74, 6) is 1.36. The van der Waals surface area contributed by atoms with Gasteiger partial charge in [-0.15, -0.1) is 0 Å². The van der Waals surface area contributed by atoms with Crippen LogP contribution in [-0.4, -0.2) is 55.2 Å². The second kappa shape index (κ2) is 8.88. The lowest BCUT2D eigenvalue weighted by Gasteiger charge is -2.27. The molecule has 4 rings (SSSR count). The molecule has 1 aromatic carbocycles. The van der Waals surface area contributed by atoms with Gasteiger partial charge < -0.3 is 9.15 Å². The van der Waals surface area contributed by atoms with Gasteiger partial charge in [-0.3, -0.25) is 14.6 Å². The molecule has 3 heterocycles. The van der Waals surface area contributed by atoms with Crippen LogP contribution >= 0.6 is 11.3 Å². The van der Waals surface area contributed by atoms with Crippen LogP contribution in [0.15, 0.2) is 22.6 Å². The van der Waals surface area contributed by atoms with E-state index in [1.54, 1.807) is 11.3 Å². The maximum Gasteiger partial charge on any atom is 0.263 e. The number of ether oxygens (including phenoxy) is 1. The van der Waals surface area contributed by atoms with Gasteiger partial charge in [0, 0.05) is 26.2 Å². The average molecular weight is 428 g/mol. The van der Waals surface area contributed by atoms with Crippen molar-refractivity contribution in [3.8, 4) is 0 Å². The van der Waals surface area contributed by atoms with Crippen molar-refractivity contribution in [2.45, 2.75) is 34.1 Å². The van der Waals surface area contributed by atoms with Crippen LogP contribution in [0.3, 0.4) is 0 Å². The van der Waals surface area contributed by atoms with E-state index in [2.05, 4.69) is 30.9 Å². The topological polar surface area (TPSA) is 58.8 Å². The zero-order chi connectivity index (χ0) is 21.3. The molecule has 1 fully saturated rings. The molecule has 0 aliphatic carbocycles. The summed E-state index contributed by atoms with van der Waals surface area (Å²) < 4.78 is 12.2. The molecule has 7 heteroatoms. The highest BCUT2D eigenvalue weighted by Crippen LogP contribution is 2.33. The summed E-state index contributed by atoms with van der Waals surface area (Å²) in [7, 11) is 0. The van der Waals surface area contributed by atoms with Crippen LogP contribution in [-0.2, 0) is 4.74 Å². The number of morpholine rings is 1. The zero-order valence-electron chi connectivity index (χ0n) is 18.2. The lowest BCUT2D eigenvalue weighted by molar-refractivity contribution is 0.0376. The van der Waals surface area contributed by atoms with Crippen molar-refractivity contribution in [1.29, 1.82) is 0 Å². The molecule has 2 aromatic heterocycles. The van der Waals surface area contributed by atoms with Crippen LogP contribution in [0.5, 0.6) is 0 Å². The molecule has 0 saturated carbocycles. The Kier molecular flexibility index (Phi) is 6.22. The molecule has 1 amide bonds. The number of benzene rings is 1. The first kappa shape index (κ1) is 21.0. The quantitative estimate of drug-likeness (QED) is 0.580. The Labute approximate surface area is 181 Å². The summed E-state index contributed by atoms with van der Waals surface area (Å²) in [5.41, 5.74) is 3.99. The van der Waals surface area contributed by atoms with E-state index in [4.69, 9.17) is 14.1 Å². The van der Waals surface area contributed by atoms with Gasteiger partial charge in [-0.05, 0) is 57.4 Å². The van der Waals surface area contributed by atoms with Crippen molar-refractivity contribution in [3.05, 3.63) is 46.4 Å². The molecule has 0 radical (unpaired) electrons. The Morgan fingerprint density at radius 2 is 1.97 bits per heavy atom. The van der Waals surface area contributed by atoms with Crippen LogP contribution in [0.4, 0.5) is 5.13 Å².